The molecule has 5 heteroatoms. The largest absolute Gasteiger partial charge is 0.484 e. The molecule has 0 aliphatic carbocycles. The minimum absolute atomic E-state index is 0.0484. The van der Waals surface area contributed by atoms with Gasteiger partial charge in [-0.05, 0) is 31.9 Å². The number of hydrogen-bond donors (Lipinski definition) is 0. The molecular weight excluding hydrogens is 282 g/mol. The first kappa shape index (κ1) is 15.3. The summed E-state index contributed by atoms with van der Waals surface area (Å²) in [5.41, 5.74) is 1.18. The van der Waals surface area contributed by atoms with Crippen molar-refractivity contribution in [2.75, 3.05) is 32.9 Å². The zero-order valence-corrected chi connectivity index (χ0v) is 13.0. The molecule has 1 aromatic rings. The Balaban J connectivity index is 1.42. The Morgan fingerprint density at radius 3 is 2.45 bits per heavy atom. The number of carbonyl (C=O) groups excluding carboxylic acids is 1. The highest BCUT2D eigenvalue weighted by Gasteiger charge is 2.31. The van der Waals surface area contributed by atoms with Crippen molar-refractivity contribution in [2.24, 2.45) is 5.92 Å². The molecule has 120 valence electrons. The molecule has 1 aromatic carbocycles. The molecule has 2 fully saturated rings. The lowest BCUT2D eigenvalue weighted by atomic mass is 9.96. The summed E-state index contributed by atoms with van der Waals surface area (Å²) in [6.07, 6.45) is 1.79. The molecule has 0 aromatic heterocycles. The van der Waals surface area contributed by atoms with Crippen molar-refractivity contribution in [3.05, 3.63) is 29.8 Å². The van der Waals surface area contributed by atoms with Crippen LogP contribution in [-0.4, -0.2) is 50.0 Å². The van der Waals surface area contributed by atoms with E-state index in [0.717, 1.165) is 31.7 Å². The van der Waals surface area contributed by atoms with Crippen LogP contribution in [0.2, 0.25) is 0 Å². The number of ether oxygens (including phenoxy) is 3. The van der Waals surface area contributed by atoms with Gasteiger partial charge in [-0.2, -0.15) is 0 Å². The number of hydrogen-bond acceptors (Lipinski definition) is 4. The molecule has 3 rings (SSSR count). The number of piperidine rings is 1. The number of likely N-dealkylation sites (tertiary alicyclic amines) is 1. The fourth-order valence-electron chi connectivity index (χ4n) is 2.94. The zero-order valence-electron chi connectivity index (χ0n) is 13.0. The normalized spacial score (nSPS) is 20.3. The summed E-state index contributed by atoms with van der Waals surface area (Å²) in [6.45, 7) is 5.01. The lowest BCUT2D eigenvalue weighted by Gasteiger charge is -2.33. The molecule has 0 N–H and O–H groups in total. The van der Waals surface area contributed by atoms with E-state index >= 15 is 0 Å². The van der Waals surface area contributed by atoms with E-state index in [9.17, 15) is 4.79 Å². The fourth-order valence-corrected chi connectivity index (χ4v) is 2.94. The van der Waals surface area contributed by atoms with Crippen LogP contribution in [0, 0.1) is 12.8 Å². The molecule has 0 atom stereocenters. The smallest absolute Gasteiger partial charge is 0.260 e. The van der Waals surface area contributed by atoms with Crippen LogP contribution in [0.25, 0.3) is 0 Å². The number of carbonyl (C=O) groups is 1. The van der Waals surface area contributed by atoms with Gasteiger partial charge >= 0.3 is 0 Å². The molecule has 2 aliphatic heterocycles. The second-order valence-corrected chi connectivity index (χ2v) is 5.93. The average molecular weight is 305 g/mol. The highest BCUT2D eigenvalue weighted by molar-refractivity contribution is 5.77. The Labute approximate surface area is 131 Å². The van der Waals surface area contributed by atoms with Gasteiger partial charge in [-0.15, -0.1) is 0 Å². The van der Waals surface area contributed by atoms with Crippen LogP contribution >= 0.6 is 0 Å². The third-order valence-corrected chi connectivity index (χ3v) is 4.31. The first-order chi connectivity index (χ1) is 10.7. The Hall–Kier alpha value is -1.59. The van der Waals surface area contributed by atoms with Crippen LogP contribution in [-0.2, 0) is 14.3 Å². The highest BCUT2D eigenvalue weighted by atomic mass is 16.7. The predicted octanol–water partition coefficient (Wildman–Crippen LogP) is 1.99. The monoisotopic (exact) mass is 305 g/mol. The minimum atomic E-state index is -0.0685. The van der Waals surface area contributed by atoms with Crippen LogP contribution in [0.1, 0.15) is 18.4 Å². The van der Waals surface area contributed by atoms with Crippen LogP contribution in [0.3, 0.4) is 0 Å². The standard InChI is InChI=1S/C17H23NO4/c1-13-2-4-15(5-3-13)22-12-16(19)18-8-6-14(7-9-18)17-20-10-11-21-17/h2-5,14,17H,6-12H2,1H3. The predicted molar refractivity (Wildman–Crippen MR) is 81.7 cm³/mol. The quantitative estimate of drug-likeness (QED) is 0.853. The number of nitrogens with zero attached hydrogens (tertiary/aromatic N) is 1. The van der Waals surface area contributed by atoms with Crippen LogP contribution in [0.4, 0.5) is 0 Å². The van der Waals surface area contributed by atoms with Gasteiger partial charge in [-0.1, -0.05) is 17.7 Å². The summed E-state index contributed by atoms with van der Waals surface area (Å²) in [5, 5.41) is 0. The topological polar surface area (TPSA) is 48.0 Å². The van der Waals surface area contributed by atoms with Gasteiger partial charge in [0.1, 0.15) is 5.75 Å². The minimum Gasteiger partial charge on any atom is -0.484 e. The first-order valence-electron chi connectivity index (χ1n) is 7.93. The first-order valence-corrected chi connectivity index (χ1v) is 7.93. The van der Waals surface area contributed by atoms with E-state index in [0.29, 0.717) is 19.1 Å². The van der Waals surface area contributed by atoms with Crippen molar-refractivity contribution in [3.8, 4) is 5.75 Å². The van der Waals surface area contributed by atoms with Crippen molar-refractivity contribution < 1.29 is 19.0 Å². The van der Waals surface area contributed by atoms with E-state index < -0.39 is 0 Å². The lowest BCUT2D eigenvalue weighted by molar-refractivity contribution is -0.138. The molecule has 2 aliphatic rings. The molecule has 2 heterocycles. The van der Waals surface area contributed by atoms with E-state index in [-0.39, 0.29) is 18.8 Å². The second kappa shape index (κ2) is 7.11. The van der Waals surface area contributed by atoms with Crippen molar-refractivity contribution in [1.82, 2.24) is 4.90 Å². The van der Waals surface area contributed by atoms with Crippen LogP contribution in [0.5, 0.6) is 5.75 Å². The number of benzene rings is 1. The van der Waals surface area contributed by atoms with Crippen LogP contribution in [0.15, 0.2) is 24.3 Å². The summed E-state index contributed by atoms with van der Waals surface area (Å²) in [7, 11) is 0. The van der Waals surface area contributed by atoms with E-state index in [1.807, 2.05) is 36.1 Å². The van der Waals surface area contributed by atoms with E-state index in [1.165, 1.54) is 5.56 Å². The number of amides is 1. The summed E-state index contributed by atoms with van der Waals surface area (Å²) in [4.78, 5) is 14.1. The number of rotatable bonds is 4. The Morgan fingerprint density at radius 1 is 1.18 bits per heavy atom. The highest BCUT2D eigenvalue weighted by Crippen LogP contribution is 2.25. The van der Waals surface area contributed by atoms with E-state index in [1.54, 1.807) is 0 Å². The molecule has 5 nitrogen and oxygen atoms in total. The van der Waals surface area contributed by atoms with Crippen molar-refractivity contribution >= 4 is 5.91 Å². The fraction of sp³-hybridized carbons (Fsp3) is 0.588. The molecule has 1 amide bonds. The SMILES string of the molecule is Cc1ccc(OCC(=O)N2CCC(C3OCCO3)CC2)cc1. The lowest BCUT2D eigenvalue weighted by Crippen LogP contribution is -2.43. The summed E-state index contributed by atoms with van der Waals surface area (Å²) < 4.78 is 16.7. The van der Waals surface area contributed by atoms with Gasteiger partial charge in [0.15, 0.2) is 12.9 Å². The van der Waals surface area contributed by atoms with E-state index in [4.69, 9.17) is 14.2 Å². The van der Waals surface area contributed by atoms with Crippen molar-refractivity contribution in [3.63, 3.8) is 0 Å². The Bertz CT molecular complexity index is 488. The average Bonchev–Trinajstić information content (AvgIpc) is 3.09. The molecule has 0 bridgehead atoms. The van der Waals surface area contributed by atoms with Gasteiger partial charge < -0.3 is 19.1 Å². The van der Waals surface area contributed by atoms with Crippen LogP contribution < -0.4 is 4.74 Å². The summed E-state index contributed by atoms with van der Waals surface area (Å²) >= 11 is 0. The van der Waals surface area contributed by atoms with E-state index in [2.05, 4.69) is 0 Å². The summed E-state index contributed by atoms with van der Waals surface area (Å²) in [6, 6.07) is 7.74. The molecule has 0 saturated carbocycles. The third-order valence-electron chi connectivity index (χ3n) is 4.31. The molecule has 22 heavy (non-hydrogen) atoms. The maximum absolute atomic E-state index is 12.2. The molecular formula is C17H23NO4. The van der Waals surface area contributed by atoms with Gasteiger partial charge in [0.25, 0.3) is 5.91 Å². The van der Waals surface area contributed by atoms with Gasteiger partial charge in [0.2, 0.25) is 0 Å². The maximum atomic E-state index is 12.2. The van der Waals surface area contributed by atoms with Crippen molar-refractivity contribution in [1.29, 1.82) is 0 Å². The molecule has 0 unspecified atom stereocenters. The van der Waals surface area contributed by atoms with Gasteiger partial charge in [0, 0.05) is 19.0 Å². The molecule has 2 saturated heterocycles. The maximum Gasteiger partial charge on any atom is 0.260 e. The van der Waals surface area contributed by atoms with Gasteiger partial charge in [-0.3, -0.25) is 4.79 Å². The second-order valence-electron chi connectivity index (χ2n) is 5.93. The molecule has 0 spiro atoms. The molecule has 0 radical (unpaired) electrons. The Kier molecular flexibility index (Phi) is 4.95. The van der Waals surface area contributed by atoms with Crippen molar-refractivity contribution in [2.45, 2.75) is 26.1 Å². The zero-order chi connectivity index (χ0) is 15.4. The number of aryl methyl sites for hydroxylation is 1. The van der Waals surface area contributed by atoms with Gasteiger partial charge in [-0.25, -0.2) is 0 Å². The Morgan fingerprint density at radius 2 is 1.82 bits per heavy atom. The third kappa shape index (κ3) is 3.78. The van der Waals surface area contributed by atoms with Gasteiger partial charge in [0.05, 0.1) is 13.2 Å². The summed E-state index contributed by atoms with van der Waals surface area (Å²) in [5.74, 6) is 1.19.